The number of urea groups is 1. The van der Waals surface area contributed by atoms with Crippen molar-refractivity contribution in [3.8, 4) is 5.75 Å². The van der Waals surface area contributed by atoms with Crippen molar-refractivity contribution < 1.29 is 13.7 Å². The summed E-state index contributed by atoms with van der Waals surface area (Å²) >= 11 is 0. The van der Waals surface area contributed by atoms with E-state index in [0.29, 0.717) is 12.3 Å². The molecule has 1 aliphatic carbocycles. The molecule has 23 heavy (non-hydrogen) atoms. The second-order valence-corrected chi connectivity index (χ2v) is 7.80. The number of carbonyl (C=O) groups is 1. The molecule has 3 atom stereocenters. The van der Waals surface area contributed by atoms with Crippen LogP contribution in [0.1, 0.15) is 38.2 Å². The molecule has 0 aromatic heterocycles. The smallest absolute Gasteiger partial charge is 0.315 e. The fraction of sp³-hybridized carbons (Fsp3) is 0.588. The molecule has 128 valence electrons. The lowest BCUT2D eigenvalue weighted by Gasteiger charge is -2.29. The van der Waals surface area contributed by atoms with E-state index >= 15 is 0 Å². The normalized spacial score (nSPS) is 22.2. The third-order valence-electron chi connectivity index (χ3n) is 4.25. The van der Waals surface area contributed by atoms with Gasteiger partial charge in [0.1, 0.15) is 5.75 Å². The first-order chi connectivity index (χ1) is 11.1. The van der Waals surface area contributed by atoms with Gasteiger partial charge in [-0.1, -0.05) is 31.5 Å². The predicted octanol–water partition coefficient (Wildman–Crippen LogP) is 2.57. The Morgan fingerprint density at radius 3 is 2.87 bits per heavy atom. The highest BCUT2D eigenvalue weighted by Gasteiger charge is 2.26. The number of nitrogens with one attached hydrogen (secondary N) is 2. The highest BCUT2D eigenvalue weighted by molar-refractivity contribution is 7.85. The van der Waals surface area contributed by atoms with E-state index < -0.39 is 10.8 Å². The molecule has 1 aromatic carbocycles. The Labute approximate surface area is 140 Å². The zero-order valence-corrected chi connectivity index (χ0v) is 14.7. The third-order valence-corrected chi connectivity index (χ3v) is 5.99. The molecule has 1 aliphatic rings. The Kier molecular flexibility index (Phi) is 6.89. The molecule has 2 N–H and O–H groups in total. The van der Waals surface area contributed by atoms with Gasteiger partial charge in [0.05, 0.1) is 7.11 Å². The Hall–Kier alpha value is -1.56. The van der Waals surface area contributed by atoms with Crippen molar-refractivity contribution in [1.29, 1.82) is 0 Å². The van der Waals surface area contributed by atoms with E-state index in [1.165, 1.54) is 0 Å². The van der Waals surface area contributed by atoms with Crippen molar-refractivity contribution in [1.82, 2.24) is 10.6 Å². The molecule has 0 bridgehead atoms. The number of para-hydroxylation sites is 1. The summed E-state index contributed by atoms with van der Waals surface area (Å²) in [4.78, 5) is 12.1. The number of hydrogen-bond donors (Lipinski definition) is 2. The topological polar surface area (TPSA) is 67.4 Å². The number of ether oxygens (including phenoxy) is 1. The average Bonchev–Trinajstić information content (AvgIpc) is 2.59. The highest BCUT2D eigenvalue weighted by atomic mass is 32.2. The van der Waals surface area contributed by atoms with Crippen molar-refractivity contribution in [3.63, 3.8) is 0 Å². The lowest BCUT2D eigenvalue weighted by molar-refractivity contribution is 0.232. The number of rotatable bonds is 6. The van der Waals surface area contributed by atoms with Crippen LogP contribution in [0.2, 0.25) is 0 Å². The van der Waals surface area contributed by atoms with Crippen molar-refractivity contribution in [2.24, 2.45) is 0 Å². The fourth-order valence-electron chi connectivity index (χ4n) is 3.01. The summed E-state index contributed by atoms with van der Waals surface area (Å²) in [5.74, 6) is 1.46. The van der Waals surface area contributed by atoms with Crippen molar-refractivity contribution >= 4 is 16.8 Å². The molecule has 6 heteroatoms. The van der Waals surface area contributed by atoms with Crippen LogP contribution in [0.3, 0.4) is 0 Å². The number of benzene rings is 1. The van der Waals surface area contributed by atoms with Gasteiger partial charge in [0.2, 0.25) is 0 Å². The lowest BCUT2D eigenvalue weighted by atomic mass is 9.95. The largest absolute Gasteiger partial charge is 0.496 e. The number of methoxy groups -OCH3 is 1. The molecule has 0 aliphatic heterocycles. The molecule has 0 radical (unpaired) electrons. The molecule has 1 aromatic rings. The fourth-order valence-corrected chi connectivity index (χ4v) is 4.36. The molecule has 0 saturated heterocycles. The summed E-state index contributed by atoms with van der Waals surface area (Å²) in [6.45, 7) is 2.37. The number of hydrogen-bond acceptors (Lipinski definition) is 3. The van der Waals surface area contributed by atoms with Gasteiger partial charge in [0.15, 0.2) is 0 Å². The average molecular weight is 338 g/mol. The quantitative estimate of drug-likeness (QED) is 0.838. The maximum atomic E-state index is 12.1. The van der Waals surface area contributed by atoms with Gasteiger partial charge in [-0.2, -0.15) is 0 Å². The molecular formula is C17H26N2O3S. The summed E-state index contributed by atoms with van der Waals surface area (Å²) < 4.78 is 17.2. The molecular weight excluding hydrogens is 312 g/mol. The van der Waals surface area contributed by atoms with E-state index in [-0.39, 0.29) is 17.3 Å². The molecule has 1 saturated carbocycles. The third kappa shape index (κ3) is 5.23. The Balaban J connectivity index is 1.81. The van der Waals surface area contributed by atoms with Crippen LogP contribution in [-0.2, 0) is 17.3 Å². The first-order valence-corrected chi connectivity index (χ1v) is 9.55. The number of amides is 2. The van der Waals surface area contributed by atoms with Crippen LogP contribution in [0.5, 0.6) is 5.75 Å². The Morgan fingerprint density at radius 1 is 1.35 bits per heavy atom. The lowest BCUT2D eigenvalue weighted by Crippen LogP contribution is -2.45. The Morgan fingerprint density at radius 2 is 2.13 bits per heavy atom. The highest BCUT2D eigenvalue weighted by Crippen LogP contribution is 2.23. The standard InChI is InChI=1S/C17H26N2O3S/c1-3-23(21)15-9-6-8-14(11-15)19-17(20)18-12-13-7-4-5-10-16(13)22-2/h4-5,7,10,14-15H,3,6,8-9,11-12H2,1-2H3,(H2,18,19,20). The molecule has 0 spiro atoms. The first kappa shape index (κ1) is 17.8. The van der Waals surface area contributed by atoms with E-state index in [1.54, 1.807) is 7.11 Å². The zero-order chi connectivity index (χ0) is 16.7. The molecule has 1 fully saturated rings. The molecule has 2 rings (SSSR count). The van der Waals surface area contributed by atoms with E-state index in [9.17, 15) is 9.00 Å². The summed E-state index contributed by atoms with van der Waals surface area (Å²) in [6.07, 6.45) is 3.79. The van der Waals surface area contributed by atoms with Gasteiger partial charge >= 0.3 is 6.03 Å². The molecule has 3 unspecified atom stereocenters. The van der Waals surface area contributed by atoms with Crippen LogP contribution in [-0.4, -0.2) is 34.4 Å². The van der Waals surface area contributed by atoms with E-state index in [4.69, 9.17) is 4.74 Å². The second-order valence-electron chi connectivity index (χ2n) is 5.79. The van der Waals surface area contributed by atoms with Gasteiger partial charge in [0, 0.05) is 40.0 Å². The summed E-state index contributed by atoms with van der Waals surface area (Å²) in [6, 6.07) is 7.56. The van der Waals surface area contributed by atoms with Gasteiger partial charge < -0.3 is 15.4 Å². The van der Waals surface area contributed by atoms with Gasteiger partial charge in [-0.15, -0.1) is 0 Å². The van der Waals surface area contributed by atoms with Crippen LogP contribution in [0.25, 0.3) is 0 Å². The molecule has 0 heterocycles. The van der Waals surface area contributed by atoms with E-state index in [0.717, 1.165) is 37.0 Å². The molecule has 2 amide bonds. The van der Waals surface area contributed by atoms with E-state index in [1.807, 2.05) is 31.2 Å². The zero-order valence-electron chi connectivity index (χ0n) is 13.8. The van der Waals surface area contributed by atoms with Crippen LogP contribution in [0.4, 0.5) is 4.79 Å². The maximum Gasteiger partial charge on any atom is 0.315 e. The minimum absolute atomic E-state index is 0.113. The first-order valence-electron chi connectivity index (χ1n) is 8.17. The van der Waals surface area contributed by atoms with Crippen molar-refractivity contribution in [3.05, 3.63) is 29.8 Å². The monoisotopic (exact) mass is 338 g/mol. The van der Waals surface area contributed by atoms with Crippen LogP contribution in [0, 0.1) is 0 Å². The SMILES string of the molecule is CCS(=O)C1CCCC(NC(=O)NCc2ccccc2OC)C1. The summed E-state index contributed by atoms with van der Waals surface area (Å²) in [5, 5.41) is 6.10. The predicted molar refractivity (Wildman–Crippen MR) is 93.1 cm³/mol. The van der Waals surface area contributed by atoms with Gasteiger partial charge in [-0.3, -0.25) is 4.21 Å². The minimum Gasteiger partial charge on any atom is -0.496 e. The maximum absolute atomic E-state index is 12.1. The minimum atomic E-state index is -0.775. The van der Waals surface area contributed by atoms with Crippen LogP contribution >= 0.6 is 0 Å². The van der Waals surface area contributed by atoms with Crippen molar-refractivity contribution in [2.75, 3.05) is 12.9 Å². The van der Waals surface area contributed by atoms with Gasteiger partial charge in [0.25, 0.3) is 0 Å². The van der Waals surface area contributed by atoms with Gasteiger partial charge in [-0.05, 0) is 25.3 Å². The number of carbonyl (C=O) groups excluding carboxylic acids is 1. The summed E-state index contributed by atoms with van der Waals surface area (Å²) in [7, 11) is 0.845. The van der Waals surface area contributed by atoms with E-state index in [2.05, 4.69) is 10.6 Å². The second kappa shape index (κ2) is 8.91. The van der Waals surface area contributed by atoms with Crippen LogP contribution in [0.15, 0.2) is 24.3 Å². The van der Waals surface area contributed by atoms with Crippen molar-refractivity contribution in [2.45, 2.75) is 50.4 Å². The van der Waals surface area contributed by atoms with Crippen LogP contribution < -0.4 is 15.4 Å². The molecule has 5 nitrogen and oxygen atoms in total. The Bertz CT molecular complexity index is 550. The summed E-state index contributed by atoms with van der Waals surface area (Å²) in [5.41, 5.74) is 0.943. The van der Waals surface area contributed by atoms with Gasteiger partial charge in [-0.25, -0.2) is 4.79 Å².